The molecule has 1 N–H and O–H groups in total. The van der Waals surface area contributed by atoms with Crippen LogP contribution in [0.5, 0.6) is 0 Å². The van der Waals surface area contributed by atoms with Gasteiger partial charge in [-0.15, -0.1) is 11.8 Å². The lowest BCUT2D eigenvalue weighted by molar-refractivity contribution is -0.118. The number of rotatable bonds is 8. The van der Waals surface area contributed by atoms with Gasteiger partial charge in [0.1, 0.15) is 0 Å². The lowest BCUT2D eigenvalue weighted by Gasteiger charge is -2.11. The van der Waals surface area contributed by atoms with Gasteiger partial charge < -0.3 is 9.30 Å². The molecule has 0 spiro atoms. The lowest BCUT2D eigenvalue weighted by atomic mass is 10.2. The molecule has 8 heteroatoms. The summed E-state index contributed by atoms with van der Waals surface area (Å²) in [5.74, 6) is -0.298. The van der Waals surface area contributed by atoms with Crippen molar-refractivity contribution in [2.24, 2.45) is 5.10 Å². The second-order valence-electron chi connectivity index (χ2n) is 6.97. The van der Waals surface area contributed by atoms with Crippen molar-refractivity contribution in [3.63, 3.8) is 0 Å². The molecule has 3 rings (SSSR count). The summed E-state index contributed by atoms with van der Waals surface area (Å²) in [4.78, 5) is 25.1. The molecular weight excluding hydrogens is 446 g/mol. The largest absolute Gasteiger partial charge is 0.462 e. The van der Waals surface area contributed by atoms with Crippen LogP contribution in [-0.2, 0) is 9.53 Å². The van der Waals surface area contributed by atoms with Gasteiger partial charge in [-0.05, 0) is 69.3 Å². The second-order valence-corrected chi connectivity index (χ2v) is 8.45. The Labute approximate surface area is 196 Å². The minimum absolute atomic E-state index is 0.197. The van der Waals surface area contributed by atoms with E-state index in [2.05, 4.69) is 10.5 Å². The smallest absolute Gasteiger partial charge is 0.338 e. The van der Waals surface area contributed by atoms with Gasteiger partial charge in [-0.1, -0.05) is 17.7 Å². The predicted molar refractivity (Wildman–Crippen MR) is 129 cm³/mol. The van der Waals surface area contributed by atoms with E-state index >= 15 is 0 Å². The van der Waals surface area contributed by atoms with Crippen molar-refractivity contribution in [1.29, 1.82) is 0 Å². The predicted octanol–water partition coefficient (Wildman–Crippen LogP) is 5.17. The molecule has 0 saturated heterocycles. The standard InChI is InChI=1S/C24H24ClN3O3S/c1-4-31-24(30)18-6-5-7-21(13-18)28-16(2)12-19(17(28)3)14-26-27-23(29)15-32-22-10-8-20(25)9-11-22/h5-14H,4,15H2,1-3H3,(H,27,29)/b26-14-. The van der Waals surface area contributed by atoms with Gasteiger partial charge in [0.15, 0.2) is 0 Å². The van der Waals surface area contributed by atoms with Crippen LogP contribution < -0.4 is 5.43 Å². The van der Waals surface area contributed by atoms with Crippen LogP contribution in [0.4, 0.5) is 0 Å². The molecule has 3 aromatic rings. The van der Waals surface area contributed by atoms with Gasteiger partial charge in [-0.2, -0.15) is 5.10 Å². The van der Waals surface area contributed by atoms with Crippen LogP contribution in [0.15, 0.2) is 64.6 Å². The van der Waals surface area contributed by atoms with Crippen LogP contribution >= 0.6 is 23.4 Å². The first-order valence-electron chi connectivity index (χ1n) is 10.1. The maximum Gasteiger partial charge on any atom is 0.338 e. The molecule has 0 atom stereocenters. The summed E-state index contributed by atoms with van der Waals surface area (Å²) in [6.45, 7) is 6.05. The second kappa shape index (κ2) is 11.0. The number of nitrogens with one attached hydrogen (secondary N) is 1. The molecule has 0 unspecified atom stereocenters. The first-order valence-corrected chi connectivity index (χ1v) is 11.4. The number of thioether (sulfide) groups is 1. The summed E-state index contributed by atoms with van der Waals surface area (Å²) >= 11 is 7.28. The molecule has 32 heavy (non-hydrogen) atoms. The number of halogens is 1. The number of ether oxygens (including phenoxy) is 1. The number of hydrogen-bond donors (Lipinski definition) is 1. The summed E-state index contributed by atoms with van der Waals surface area (Å²) < 4.78 is 7.13. The van der Waals surface area contributed by atoms with Crippen LogP contribution in [0, 0.1) is 13.8 Å². The molecule has 166 valence electrons. The SMILES string of the molecule is CCOC(=O)c1cccc(-n2c(C)cc(/C=N\NC(=O)CSc3ccc(Cl)cc3)c2C)c1. The zero-order valence-electron chi connectivity index (χ0n) is 18.1. The Morgan fingerprint density at radius 3 is 2.62 bits per heavy atom. The molecule has 0 aliphatic rings. The van der Waals surface area contributed by atoms with Crippen molar-refractivity contribution in [2.75, 3.05) is 12.4 Å². The van der Waals surface area contributed by atoms with E-state index in [9.17, 15) is 9.59 Å². The highest BCUT2D eigenvalue weighted by molar-refractivity contribution is 8.00. The maximum absolute atomic E-state index is 12.1. The average Bonchev–Trinajstić information content (AvgIpc) is 3.06. The van der Waals surface area contributed by atoms with E-state index in [1.165, 1.54) is 11.8 Å². The number of carbonyl (C=O) groups excluding carboxylic acids is 2. The first-order chi connectivity index (χ1) is 15.4. The van der Waals surface area contributed by atoms with Gasteiger partial charge >= 0.3 is 5.97 Å². The van der Waals surface area contributed by atoms with Crippen molar-refractivity contribution in [3.8, 4) is 5.69 Å². The molecule has 1 aromatic heterocycles. The highest BCUT2D eigenvalue weighted by Gasteiger charge is 2.12. The third-order valence-electron chi connectivity index (χ3n) is 4.66. The molecule has 0 aliphatic carbocycles. The Morgan fingerprint density at radius 2 is 1.91 bits per heavy atom. The fourth-order valence-electron chi connectivity index (χ4n) is 3.19. The molecule has 1 heterocycles. The molecule has 6 nitrogen and oxygen atoms in total. The maximum atomic E-state index is 12.1. The van der Waals surface area contributed by atoms with E-state index in [1.807, 2.05) is 48.7 Å². The lowest BCUT2D eigenvalue weighted by Crippen LogP contribution is -2.19. The Balaban J connectivity index is 1.66. The summed E-state index contributed by atoms with van der Waals surface area (Å²) in [5.41, 5.74) is 6.71. The molecular formula is C24H24ClN3O3S. The summed E-state index contributed by atoms with van der Waals surface area (Å²) in [6.07, 6.45) is 1.62. The third-order valence-corrected chi connectivity index (χ3v) is 5.93. The van der Waals surface area contributed by atoms with Gasteiger partial charge in [0.25, 0.3) is 0 Å². The van der Waals surface area contributed by atoms with Gasteiger partial charge in [-0.3, -0.25) is 4.79 Å². The monoisotopic (exact) mass is 469 g/mol. The van der Waals surface area contributed by atoms with Crippen LogP contribution in [0.1, 0.15) is 34.2 Å². The molecule has 0 aliphatic heterocycles. The minimum Gasteiger partial charge on any atom is -0.462 e. The number of hydrazone groups is 1. The molecule has 1 amide bonds. The third kappa shape index (κ3) is 6.02. The molecule has 0 bridgehead atoms. The number of carbonyl (C=O) groups is 2. The van der Waals surface area contributed by atoms with Gasteiger partial charge in [0.2, 0.25) is 5.91 Å². The normalized spacial score (nSPS) is 11.0. The van der Waals surface area contributed by atoms with Crippen molar-refractivity contribution in [1.82, 2.24) is 9.99 Å². The molecule has 0 fully saturated rings. The van der Waals surface area contributed by atoms with E-state index in [0.29, 0.717) is 17.2 Å². The molecule has 2 aromatic carbocycles. The number of amides is 1. The number of aryl methyl sites for hydroxylation is 1. The number of hydrogen-bond acceptors (Lipinski definition) is 5. The fourth-order valence-corrected chi connectivity index (χ4v) is 4.00. The fraction of sp³-hybridized carbons (Fsp3) is 0.208. The topological polar surface area (TPSA) is 72.7 Å². The number of nitrogens with zero attached hydrogens (tertiary/aromatic N) is 2. The quantitative estimate of drug-likeness (QED) is 0.214. The van der Waals surface area contributed by atoms with Crippen molar-refractivity contribution >= 4 is 41.5 Å². The Kier molecular flexibility index (Phi) is 8.14. The zero-order valence-corrected chi connectivity index (χ0v) is 19.7. The highest BCUT2D eigenvalue weighted by Crippen LogP contribution is 2.22. The number of benzene rings is 2. The van der Waals surface area contributed by atoms with Crippen LogP contribution in [0.25, 0.3) is 5.69 Å². The van der Waals surface area contributed by atoms with Crippen LogP contribution in [-0.4, -0.2) is 35.0 Å². The van der Waals surface area contributed by atoms with E-state index < -0.39 is 0 Å². The zero-order chi connectivity index (χ0) is 23.1. The molecule has 0 saturated carbocycles. The first kappa shape index (κ1) is 23.6. The number of esters is 1. The average molecular weight is 470 g/mol. The van der Waals surface area contributed by atoms with E-state index in [4.69, 9.17) is 16.3 Å². The molecule has 0 radical (unpaired) electrons. The van der Waals surface area contributed by atoms with Crippen LogP contribution in [0.3, 0.4) is 0 Å². The summed E-state index contributed by atoms with van der Waals surface area (Å²) in [6, 6.07) is 16.6. The highest BCUT2D eigenvalue weighted by atomic mass is 35.5. The Bertz CT molecular complexity index is 1140. The van der Waals surface area contributed by atoms with Crippen molar-refractivity contribution in [2.45, 2.75) is 25.7 Å². The summed E-state index contributed by atoms with van der Waals surface area (Å²) in [5, 5.41) is 4.76. The van der Waals surface area contributed by atoms with E-state index in [1.54, 1.807) is 37.4 Å². The van der Waals surface area contributed by atoms with Gasteiger partial charge in [0, 0.05) is 32.6 Å². The van der Waals surface area contributed by atoms with Gasteiger partial charge in [0.05, 0.1) is 24.1 Å². The summed E-state index contributed by atoms with van der Waals surface area (Å²) in [7, 11) is 0. The van der Waals surface area contributed by atoms with Crippen LogP contribution in [0.2, 0.25) is 5.02 Å². The van der Waals surface area contributed by atoms with E-state index in [0.717, 1.165) is 27.5 Å². The number of aromatic nitrogens is 1. The van der Waals surface area contributed by atoms with E-state index in [-0.39, 0.29) is 17.6 Å². The van der Waals surface area contributed by atoms with Crippen molar-refractivity contribution < 1.29 is 14.3 Å². The Morgan fingerprint density at radius 1 is 1.16 bits per heavy atom. The Hall–Kier alpha value is -3.03. The van der Waals surface area contributed by atoms with Crippen molar-refractivity contribution in [3.05, 3.63) is 82.1 Å². The minimum atomic E-state index is -0.349. The van der Waals surface area contributed by atoms with Gasteiger partial charge in [-0.25, -0.2) is 10.2 Å².